The maximum Gasteiger partial charge on any atom is 0.255 e. The van der Waals surface area contributed by atoms with Gasteiger partial charge >= 0.3 is 0 Å². The van der Waals surface area contributed by atoms with Gasteiger partial charge < -0.3 is 10.2 Å². The highest BCUT2D eigenvalue weighted by Crippen LogP contribution is 2.12. The summed E-state index contributed by atoms with van der Waals surface area (Å²) in [4.78, 5) is 14.2. The maximum absolute atomic E-state index is 12.4. The van der Waals surface area contributed by atoms with Gasteiger partial charge in [-0.05, 0) is 39.3 Å². The SMILES string of the molecule is Cc1cc(C(=O)N(C)CC2CCCCN2)c(C)nn1. The third-order valence-corrected chi connectivity index (χ3v) is 3.58. The van der Waals surface area contributed by atoms with Crippen LogP contribution >= 0.6 is 0 Å². The highest BCUT2D eigenvalue weighted by atomic mass is 16.2. The Morgan fingerprint density at radius 1 is 1.42 bits per heavy atom. The zero-order valence-electron chi connectivity index (χ0n) is 11.9. The number of hydrogen-bond donors (Lipinski definition) is 1. The van der Waals surface area contributed by atoms with Crippen LogP contribution in [0.4, 0.5) is 0 Å². The second-order valence-corrected chi connectivity index (χ2v) is 5.32. The molecule has 1 aliphatic rings. The van der Waals surface area contributed by atoms with Gasteiger partial charge in [0.15, 0.2) is 0 Å². The predicted octanol–water partition coefficient (Wildman–Crippen LogP) is 1.31. The van der Waals surface area contributed by atoms with Crippen LogP contribution in [0.15, 0.2) is 6.07 Å². The van der Waals surface area contributed by atoms with Gasteiger partial charge in [-0.2, -0.15) is 10.2 Å². The van der Waals surface area contributed by atoms with Gasteiger partial charge in [0.25, 0.3) is 5.91 Å². The van der Waals surface area contributed by atoms with Gasteiger partial charge in [-0.15, -0.1) is 0 Å². The molecule has 1 unspecified atom stereocenters. The van der Waals surface area contributed by atoms with Crippen LogP contribution in [0.2, 0.25) is 0 Å². The lowest BCUT2D eigenvalue weighted by Crippen LogP contribution is -2.44. The zero-order valence-corrected chi connectivity index (χ0v) is 11.9. The van der Waals surface area contributed by atoms with Crippen molar-refractivity contribution in [3.8, 4) is 0 Å². The van der Waals surface area contributed by atoms with Crippen molar-refractivity contribution in [2.45, 2.75) is 39.2 Å². The molecule has 0 saturated carbocycles. The molecule has 2 rings (SSSR count). The van der Waals surface area contributed by atoms with Crippen molar-refractivity contribution in [2.75, 3.05) is 20.1 Å². The van der Waals surface area contributed by atoms with Gasteiger partial charge in [0.1, 0.15) is 0 Å². The van der Waals surface area contributed by atoms with Crippen LogP contribution in [-0.2, 0) is 0 Å². The molecule has 0 spiro atoms. The Balaban J connectivity index is 2.03. The minimum absolute atomic E-state index is 0.0304. The summed E-state index contributed by atoms with van der Waals surface area (Å²) in [5.74, 6) is 0.0304. The van der Waals surface area contributed by atoms with Gasteiger partial charge in [0, 0.05) is 19.6 Å². The fourth-order valence-corrected chi connectivity index (χ4v) is 2.47. The Bertz CT molecular complexity index is 455. The summed E-state index contributed by atoms with van der Waals surface area (Å²) < 4.78 is 0. The van der Waals surface area contributed by atoms with Crippen molar-refractivity contribution in [3.05, 3.63) is 23.0 Å². The molecule has 0 aromatic carbocycles. The van der Waals surface area contributed by atoms with E-state index >= 15 is 0 Å². The molecule has 1 aromatic rings. The molecule has 5 heteroatoms. The fraction of sp³-hybridized carbons (Fsp3) is 0.643. The Kier molecular flexibility index (Phi) is 4.47. The molecule has 0 radical (unpaired) electrons. The van der Waals surface area contributed by atoms with Crippen LogP contribution < -0.4 is 5.32 Å². The highest BCUT2D eigenvalue weighted by Gasteiger charge is 2.20. The second kappa shape index (κ2) is 6.10. The van der Waals surface area contributed by atoms with Crippen LogP contribution in [0.1, 0.15) is 41.0 Å². The monoisotopic (exact) mass is 262 g/mol. The number of aryl methyl sites for hydroxylation is 2. The van der Waals surface area contributed by atoms with E-state index in [1.807, 2.05) is 27.0 Å². The summed E-state index contributed by atoms with van der Waals surface area (Å²) >= 11 is 0. The van der Waals surface area contributed by atoms with Gasteiger partial charge in [-0.1, -0.05) is 6.42 Å². The number of aromatic nitrogens is 2. The van der Waals surface area contributed by atoms with Crippen LogP contribution in [0.25, 0.3) is 0 Å². The van der Waals surface area contributed by atoms with Crippen LogP contribution in [0.5, 0.6) is 0 Å². The number of rotatable bonds is 3. The number of nitrogens with one attached hydrogen (secondary N) is 1. The van der Waals surface area contributed by atoms with E-state index < -0.39 is 0 Å². The fourth-order valence-electron chi connectivity index (χ4n) is 2.47. The molecule has 19 heavy (non-hydrogen) atoms. The largest absolute Gasteiger partial charge is 0.340 e. The third kappa shape index (κ3) is 3.50. The maximum atomic E-state index is 12.4. The van der Waals surface area contributed by atoms with E-state index in [1.54, 1.807) is 4.90 Å². The molecular formula is C14H22N4O. The van der Waals surface area contributed by atoms with Crippen molar-refractivity contribution in [3.63, 3.8) is 0 Å². The topological polar surface area (TPSA) is 58.1 Å². The molecular weight excluding hydrogens is 240 g/mol. The number of carbonyl (C=O) groups is 1. The molecule has 0 bridgehead atoms. The Morgan fingerprint density at radius 3 is 2.89 bits per heavy atom. The van der Waals surface area contributed by atoms with Crippen molar-refractivity contribution in [2.24, 2.45) is 0 Å². The van der Waals surface area contributed by atoms with E-state index in [1.165, 1.54) is 12.8 Å². The summed E-state index contributed by atoms with van der Waals surface area (Å²) in [6.07, 6.45) is 3.62. The van der Waals surface area contributed by atoms with E-state index in [4.69, 9.17) is 0 Å². The van der Waals surface area contributed by atoms with Crippen molar-refractivity contribution < 1.29 is 4.79 Å². The molecule has 1 amide bonds. The van der Waals surface area contributed by atoms with E-state index in [0.29, 0.717) is 17.3 Å². The van der Waals surface area contributed by atoms with E-state index in [0.717, 1.165) is 25.2 Å². The quantitative estimate of drug-likeness (QED) is 0.892. The first-order valence-corrected chi connectivity index (χ1v) is 6.87. The molecule has 1 aliphatic heterocycles. The molecule has 1 aromatic heterocycles. The van der Waals surface area contributed by atoms with E-state index in [2.05, 4.69) is 15.5 Å². The number of piperidine rings is 1. The smallest absolute Gasteiger partial charge is 0.255 e. The van der Waals surface area contributed by atoms with E-state index in [9.17, 15) is 4.79 Å². The molecule has 5 nitrogen and oxygen atoms in total. The van der Waals surface area contributed by atoms with Crippen LogP contribution in [0.3, 0.4) is 0 Å². The summed E-state index contributed by atoms with van der Waals surface area (Å²) in [5, 5.41) is 11.4. The number of likely N-dealkylation sites (N-methyl/N-ethyl adjacent to an activating group) is 1. The van der Waals surface area contributed by atoms with Gasteiger partial charge in [-0.25, -0.2) is 0 Å². The molecule has 1 N–H and O–H groups in total. The lowest BCUT2D eigenvalue weighted by molar-refractivity contribution is 0.0773. The first-order chi connectivity index (χ1) is 9.08. The number of nitrogens with zero attached hydrogens (tertiary/aromatic N) is 3. The van der Waals surface area contributed by atoms with Crippen molar-refractivity contribution >= 4 is 5.91 Å². The molecule has 1 saturated heterocycles. The average molecular weight is 262 g/mol. The number of carbonyl (C=O) groups excluding carboxylic acids is 1. The normalized spacial score (nSPS) is 19.2. The predicted molar refractivity (Wildman–Crippen MR) is 74.1 cm³/mol. The summed E-state index contributed by atoms with van der Waals surface area (Å²) in [6, 6.07) is 2.23. The summed E-state index contributed by atoms with van der Waals surface area (Å²) in [5.41, 5.74) is 2.13. The minimum Gasteiger partial charge on any atom is -0.340 e. The third-order valence-electron chi connectivity index (χ3n) is 3.58. The molecule has 1 atom stereocenters. The summed E-state index contributed by atoms with van der Waals surface area (Å²) in [7, 11) is 1.85. The lowest BCUT2D eigenvalue weighted by Gasteiger charge is -2.28. The Morgan fingerprint density at radius 2 is 2.21 bits per heavy atom. The standard InChI is InChI=1S/C14H22N4O/c1-10-8-13(11(2)17-16-10)14(19)18(3)9-12-6-4-5-7-15-12/h8,12,15H,4-7,9H2,1-3H3. The molecule has 2 heterocycles. The van der Waals surface area contributed by atoms with Gasteiger partial charge in [0.2, 0.25) is 0 Å². The Labute approximate surface area is 114 Å². The molecule has 1 fully saturated rings. The minimum atomic E-state index is 0.0304. The van der Waals surface area contributed by atoms with Crippen LogP contribution in [0, 0.1) is 13.8 Å². The average Bonchev–Trinajstić information content (AvgIpc) is 2.42. The first kappa shape index (κ1) is 13.9. The second-order valence-electron chi connectivity index (χ2n) is 5.32. The number of amides is 1. The van der Waals surface area contributed by atoms with Crippen LogP contribution in [-0.4, -0.2) is 47.2 Å². The summed E-state index contributed by atoms with van der Waals surface area (Å²) in [6.45, 7) is 5.49. The van der Waals surface area contributed by atoms with Crippen molar-refractivity contribution in [1.82, 2.24) is 20.4 Å². The highest BCUT2D eigenvalue weighted by molar-refractivity contribution is 5.95. The zero-order chi connectivity index (χ0) is 13.8. The molecule has 0 aliphatic carbocycles. The lowest BCUT2D eigenvalue weighted by atomic mass is 10.0. The molecule has 104 valence electrons. The van der Waals surface area contributed by atoms with Crippen molar-refractivity contribution in [1.29, 1.82) is 0 Å². The number of hydrogen-bond acceptors (Lipinski definition) is 4. The first-order valence-electron chi connectivity index (χ1n) is 6.87. The van der Waals surface area contributed by atoms with Gasteiger partial charge in [0.05, 0.1) is 17.0 Å². The van der Waals surface area contributed by atoms with Gasteiger partial charge in [-0.3, -0.25) is 4.79 Å². The Hall–Kier alpha value is -1.49. The van der Waals surface area contributed by atoms with E-state index in [-0.39, 0.29) is 5.91 Å².